The summed E-state index contributed by atoms with van der Waals surface area (Å²) in [6, 6.07) is 4.80. The highest BCUT2D eigenvalue weighted by molar-refractivity contribution is 5.31. The molecule has 70 valence electrons. The van der Waals surface area contributed by atoms with Crippen molar-refractivity contribution in [3.63, 3.8) is 0 Å². The molecule has 1 aliphatic rings. The van der Waals surface area contributed by atoms with E-state index >= 15 is 0 Å². The molecule has 3 nitrogen and oxygen atoms in total. The number of halogens is 1. The highest BCUT2D eigenvalue weighted by Crippen LogP contribution is 2.25. The van der Waals surface area contributed by atoms with Gasteiger partial charge in [0.15, 0.2) is 0 Å². The van der Waals surface area contributed by atoms with Gasteiger partial charge in [-0.1, -0.05) is 12.1 Å². The molecular weight excluding hydrogens is 173 g/mol. The monoisotopic (exact) mass is 183 g/mol. The first-order chi connectivity index (χ1) is 6.18. The van der Waals surface area contributed by atoms with Crippen molar-refractivity contribution in [1.82, 2.24) is 4.90 Å². The molecule has 2 rings (SSSR count). The molecule has 0 fully saturated rings. The summed E-state index contributed by atoms with van der Waals surface area (Å²) >= 11 is 0. The van der Waals surface area contributed by atoms with Crippen molar-refractivity contribution in [2.45, 2.75) is 19.5 Å². The highest BCUT2D eigenvalue weighted by Gasteiger charge is 2.24. The molecule has 0 atom stereocenters. The first kappa shape index (κ1) is 8.62. The summed E-state index contributed by atoms with van der Waals surface area (Å²) in [4.78, 5) is 1.38. The molecule has 4 heteroatoms. The second-order valence-corrected chi connectivity index (χ2v) is 3.13. The Morgan fingerprint density at radius 1 is 1.31 bits per heavy atom. The Bertz CT molecular complexity index is 327. The molecule has 1 heterocycles. The van der Waals surface area contributed by atoms with Crippen LogP contribution in [0.25, 0.3) is 0 Å². The first-order valence-electron chi connectivity index (χ1n) is 4.05. The van der Waals surface area contributed by atoms with Gasteiger partial charge in [0.25, 0.3) is 0 Å². The largest absolute Gasteiger partial charge is 0.356 e. The quantitative estimate of drug-likeness (QED) is 0.620. The lowest BCUT2D eigenvalue weighted by molar-refractivity contribution is -0.158. The van der Waals surface area contributed by atoms with Crippen molar-refractivity contribution < 1.29 is 14.6 Å². The van der Waals surface area contributed by atoms with Gasteiger partial charge >= 0.3 is 0 Å². The zero-order chi connectivity index (χ0) is 9.42. The first-order valence-corrected chi connectivity index (χ1v) is 4.05. The number of aliphatic hydroxyl groups excluding tert-OH is 1. The Morgan fingerprint density at radius 2 is 2.08 bits per heavy atom. The smallest absolute Gasteiger partial charge is 0.214 e. The molecule has 0 amide bonds. The molecule has 0 unspecified atom stereocenters. The fraction of sp³-hybridized carbons (Fsp3) is 0.333. The van der Waals surface area contributed by atoms with E-state index in [4.69, 9.17) is 10.2 Å². The summed E-state index contributed by atoms with van der Waals surface area (Å²) in [7, 11) is 0. The molecule has 1 aliphatic heterocycles. The Kier molecular flexibility index (Phi) is 2.03. The van der Waals surface area contributed by atoms with Crippen molar-refractivity contribution in [2.24, 2.45) is 0 Å². The van der Waals surface area contributed by atoms with E-state index in [1.54, 1.807) is 12.1 Å². The van der Waals surface area contributed by atoms with Crippen LogP contribution in [0.15, 0.2) is 18.2 Å². The van der Waals surface area contributed by atoms with Crippen molar-refractivity contribution in [2.75, 3.05) is 0 Å². The van der Waals surface area contributed by atoms with Crippen LogP contribution in [0.5, 0.6) is 0 Å². The van der Waals surface area contributed by atoms with Crippen LogP contribution in [0.1, 0.15) is 11.1 Å². The summed E-state index contributed by atoms with van der Waals surface area (Å²) in [5.41, 5.74) is 1.39. The maximum Gasteiger partial charge on any atom is 0.214 e. The summed E-state index contributed by atoms with van der Waals surface area (Å²) in [6.07, 6.45) is -1.51. The fourth-order valence-electron chi connectivity index (χ4n) is 1.57. The van der Waals surface area contributed by atoms with Gasteiger partial charge in [-0.3, -0.25) is 0 Å². The van der Waals surface area contributed by atoms with Gasteiger partial charge in [0.05, 0.1) is 0 Å². The van der Waals surface area contributed by atoms with Gasteiger partial charge in [-0.05, 0) is 11.6 Å². The van der Waals surface area contributed by atoms with Gasteiger partial charge in [-0.25, -0.2) is 9.29 Å². The maximum absolute atomic E-state index is 13.1. The minimum atomic E-state index is -1.51. The van der Waals surface area contributed by atoms with Crippen LogP contribution in [0, 0.1) is 5.82 Å². The van der Waals surface area contributed by atoms with Crippen molar-refractivity contribution in [3.8, 4) is 0 Å². The van der Waals surface area contributed by atoms with Crippen LogP contribution < -0.4 is 0 Å². The highest BCUT2D eigenvalue weighted by atomic mass is 19.1. The third-order valence-electron chi connectivity index (χ3n) is 2.28. The van der Waals surface area contributed by atoms with Gasteiger partial charge in [-0.15, -0.1) is 0 Å². The van der Waals surface area contributed by atoms with Crippen LogP contribution >= 0.6 is 0 Å². The van der Waals surface area contributed by atoms with E-state index in [0.717, 1.165) is 5.56 Å². The normalized spacial score (nSPS) is 16.6. The van der Waals surface area contributed by atoms with Crippen LogP contribution in [0.3, 0.4) is 0 Å². The number of fused-ring (bicyclic) bond motifs is 1. The fourth-order valence-corrected chi connectivity index (χ4v) is 1.57. The predicted molar refractivity (Wildman–Crippen MR) is 43.9 cm³/mol. The van der Waals surface area contributed by atoms with E-state index in [1.165, 1.54) is 11.0 Å². The summed E-state index contributed by atoms with van der Waals surface area (Å²) < 4.78 is 13.1. The van der Waals surface area contributed by atoms with Gasteiger partial charge in [0, 0.05) is 18.7 Å². The van der Waals surface area contributed by atoms with Gasteiger partial charge in [0.1, 0.15) is 5.82 Å². The number of nitrogens with zero attached hydrogens (tertiary/aromatic N) is 1. The molecule has 0 radical (unpaired) electrons. The molecule has 1 aromatic carbocycles. The van der Waals surface area contributed by atoms with E-state index in [1.807, 2.05) is 0 Å². The minimum absolute atomic E-state index is 0.264. The maximum atomic E-state index is 13.1. The van der Waals surface area contributed by atoms with Crippen molar-refractivity contribution in [1.29, 1.82) is 0 Å². The molecule has 1 aromatic rings. The summed E-state index contributed by atoms with van der Waals surface area (Å²) in [5.74, 6) is -0.277. The molecule has 0 aromatic heterocycles. The zero-order valence-electron chi connectivity index (χ0n) is 6.94. The number of hydrogen-bond acceptors (Lipinski definition) is 3. The van der Waals surface area contributed by atoms with Gasteiger partial charge in [0.2, 0.25) is 6.41 Å². The van der Waals surface area contributed by atoms with E-state index < -0.39 is 6.41 Å². The third-order valence-corrected chi connectivity index (χ3v) is 2.28. The lowest BCUT2D eigenvalue weighted by atomic mass is 10.1. The lowest BCUT2D eigenvalue weighted by Gasteiger charge is -2.15. The average Bonchev–Trinajstić information content (AvgIpc) is 2.49. The molecule has 0 saturated carbocycles. The van der Waals surface area contributed by atoms with E-state index in [9.17, 15) is 4.39 Å². The second kappa shape index (κ2) is 3.06. The topological polar surface area (TPSA) is 43.7 Å². The Hall–Kier alpha value is -0.970. The average molecular weight is 183 g/mol. The van der Waals surface area contributed by atoms with Gasteiger partial charge < -0.3 is 10.2 Å². The number of aliphatic hydroxyl groups is 2. The van der Waals surface area contributed by atoms with Gasteiger partial charge in [-0.2, -0.15) is 0 Å². The molecule has 0 saturated heterocycles. The minimum Gasteiger partial charge on any atom is -0.356 e. The van der Waals surface area contributed by atoms with Crippen LogP contribution in [-0.2, 0) is 13.1 Å². The summed E-state index contributed by atoms with van der Waals surface area (Å²) in [6.45, 7) is 0.657. The molecule has 0 aliphatic carbocycles. The van der Waals surface area contributed by atoms with E-state index in [-0.39, 0.29) is 12.4 Å². The Balaban J connectivity index is 2.30. The van der Waals surface area contributed by atoms with Crippen LogP contribution in [0.2, 0.25) is 0 Å². The zero-order valence-corrected chi connectivity index (χ0v) is 6.94. The molecule has 13 heavy (non-hydrogen) atoms. The molecule has 0 spiro atoms. The van der Waals surface area contributed by atoms with E-state index in [2.05, 4.69) is 0 Å². The van der Waals surface area contributed by atoms with E-state index in [0.29, 0.717) is 12.1 Å². The number of rotatable bonds is 1. The number of benzene rings is 1. The third kappa shape index (κ3) is 1.44. The van der Waals surface area contributed by atoms with Crippen molar-refractivity contribution >= 4 is 0 Å². The molecular formula is C9H10FNO2. The SMILES string of the molecule is OC(O)N1Cc2cccc(F)c2C1. The van der Waals surface area contributed by atoms with Crippen LogP contribution in [0.4, 0.5) is 4.39 Å². The Morgan fingerprint density at radius 3 is 2.69 bits per heavy atom. The standard InChI is InChI=1S/C9H10FNO2/c10-8-3-1-2-6-4-11(9(12)13)5-7(6)8/h1-3,9,12-13H,4-5H2. The van der Waals surface area contributed by atoms with Crippen LogP contribution in [-0.4, -0.2) is 21.5 Å². The van der Waals surface area contributed by atoms with Crippen molar-refractivity contribution in [3.05, 3.63) is 35.1 Å². The predicted octanol–water partition coefficient (Wildman–Crippen LogP) is 0.409. The molecule has 2 N–H and O–H groups in total. The number of hydrogen-bond donors (Lipinski definition) is 2. The second-order valence-electron chi connectivity index (χ2n) is 3.13. The lowest BCUT2D eigenvalue weighted by Crippen LogP contribution is -2.29. The molecule has 0 bridgehead atoms. The summed E-state index contributed by atoms with van der Waals surface area (Å²) in [5, 5.41) is 17.7. The Labute approximate surface area is 75.0 Å².